The van der Waals surface area contributed by atoms with E-state index in [9.17, 15) is 9.59 Å². The van der Waals surface area contributed by atoms with E-state index in [2.05, 4.69) is 10.6 Å². The van der Waals surface area contributed by atoms with E-state index < -0.39 is 12.0 Å². The molecule has 1 amide bonds. The summed E-state index contributed by atoms with van der Waals surface area (Å²) in [6.45, 7) is 3.36. The molecule has 2 atom stereocenters. The van der Waals surface area contributed by atoms with Gasteiger partial charge in [-0.25, -0.2) is 4.79 Å². The van der Waals surface area contributed by atoms with E-state index in [4.69, 9.17) is 9.84 Å². The molecule has 20 heavy (non-hydrogen) atoms. The highest BCUT2D eigenvalue weighted by molar-refractivity contribution is 5.82. The topological polar surface area (TPSA) is 87.7 Å². The van der Waals surface area contributed by atoms with Crippen LogP contribution >= 0.6 is 0 Å². The van der Waals surface area contributed by atoms with Gasteiger partial charge in [0.25, 0.3) is 0 Å². The zero-order chi connectivity index (χ0) is 15.1. The molecular formula is C14H20N2O4. The lowest BCUT2D eigenvalue weighted by Crippen LogP contribution is -2.46. The largest absolute Gasteiger partial charge is 0.497 e. The minimum absolute atomic E-state index is 0.0549. The van der Waals surface area contributed by atoms with Crippen molar-refractivity contribution in [2.45, 2.75) is 25.9 Å². The second kappa shape index (κ2) is 7.49. The fraction of sp³-hybridized carbons (Fsp3) is 0.429. The van der Waals surface area contributed by atoms with E-state index in [0.717, 1.165) is 11.3 Å². The van der Waals surface area contributed by atoms with Crippen LogP contribution in [0.3, 0.4) is 0 Å². The highest BCUT2D eigenvalue weighted by atomic mass is 16.5. The van der Waals surface area contributed by atoms with Crippen LogP contribution in [-0.2, 0) is 9.59 Å². The summed E-state index contributed by atoms with van der Waals surface area (Å²) in [4.78, 5) is 21.9. The predicted octanol–water partition coefficient (Wildman–Crippen LogP) is 0.935. The number of methoxy groups -OCH3 is 1. The van der Waals surface area contributed by atoms with Gasteiger partial charge in [0.2, 0.25) is 5.91 Å². The molecule has 1 rings (SSSR count). The Morgan fingerprint density at radius 2 is 2.10 bits per heavy atom. The van der Waals surface area contributed by atoms with E-state index in [1.54, 1.807) is 7.11 Å². The van der Waals surface area contributed by atoms with Gasteiger partial charge in [0.1, 0.15) is 11.8 Å². The highest BCUT2D eigenvalue weighted by Gasteiger charge is 2.19. The van der Waals surface area contributed by atoms with Gasteiger partial charge < -0.3 is 20.5 Å². The summed E-state index contributed by atoms with van der Waals surface area (Å²) in [6, 6.07) is 6.52. The van der Waals surface area contributed by atoms with Crippen LogP contribution in [0.1, 0.15) is 25.5 Å². The number of nitrogens with one attached hydrogen (secondary N) is 2. The average Bonchev–Trinajstić information content (AvgIpc) is 2.42. The lowest BCUT2D eigenvalue weighted by Gasteiger charge is -2.19. The van der Waals surface area contributed by atoms with Gasteiger partial charge in [0, 0.05) is 19.5 Å². The number of ether oxygens (including phenoxy) is 1. The molecule has 0 fully saturated rings. The SMILES string of the molecule is COc1cccc([C@H](C)NCC(NC(C)=O)C(=O)O)c1. The van der Waals surface area contributed by atoms with Gasteiger partial charge in [-0.15, -0.1) is 0 Å². The molecule has 6 nitrogen and oxygen atoms in total. The molecular weight excluding hydrogens is 260 g/mol. The van der Waals surface area contributed by atoms with Crippen molar-refractivity contribution in [3.8, 4) is 5.75 Å². The van der Waals surface area contributed by atoms with Crippen LogP contribution < -0.4 is 15.4 Å². The average molecular weight is 280 g/mol. The maximum absolute atomic E-state index is 11.0. The normalized spacial score (nSPS) is 13.3. The van der Waals surface area contributed by atoms with E-state index >= 15 is 0 Å². The van der Waals surface area contributed by atoms with Gasteiger partial charge in [-0.2, -0.15) is 0 Å². The van der Waals surface area contributed by atoms with E-state index in [0.29, 0.717) is 0 Å². The Bertz CT molecular complexity index is 476. The van der Waals surface area contributed by atoms with Gasteiger partial charge in [0.05, 0.1) is 7.11 Å². The maximum Gasteiger partial charge on any atom is 0.327 e. The molecule has 0 heterocycles. The number of carbonyl (C=O) groups excluding carboxylic acids is 1. The van der Waals surface area contributed by atoms with Crippen LogP contribution in [0.5, 0.6) is 5.75 Å². The molecule has 1 aromatic carbocycles. The van der Waals surface area contributed by atoms with E-state index in [-0.39, 0.29) is 18.5 Å². The van der Waals surface area contributed by atoms with Gasteiger partial charge in [0.15, 0.2) is 0 Å². The smallest absolute Gasteiger partial charge is 0.327 e. The van der Waals surface area contributed by atoms with Crippen LogP contribution in [-0.4, -0.2) is 36.7 Å². The first kappa shape index (κ1) is 16.0. The third kappa shape index (κ3) is 4.89. The number of carboxylic acids is 1. The summed E-state index contributed by atoms with van der Waals surface area (Å²) in [5, 5.41) is 14.5. The monoisotopic (exact) mass is 280 g/mol. The van der Waals surface area contributed by atoms with Gasteiger partial charge in [-0.05, 0) is 24.6 Å². The van der Waals surface area contributed by atoms with Crippen molar-refractivity contribution in [2.24, 2.45) is 0 Å². The summed E-state index contributed by atoms with van der Waals surface area (Å²) in [6.07, 6.45) is 0. The van der Waals surface area contributed by atoms with Crippen molar-refractivity contribution in [1.29, 1.82) is 0 Å². The Morgan fingerprint density at radius 3 is 2.65 bits per heavy atom. The van der Waals surface area contributed by atoms with E-state index in [1.165, 1.54) is 6.92 Å². The Kier molecular flexibility index (Phi) is 5.99. The van der Waals surface area contributed by atoms with Crippen molar-refractivity contribution in [1.82, 2.24) is 10.6 Å². The van der Waals surface area contributed by atoms with Crippen LogP contribution in [0.25, 0.3) is 0 Å². The zero-order valence-electron chi connectivity index (χ0n) is 11.8. The fourth-order valence-corrected chi connectivity index (χ4v) is 1.77. The Labute approximate surface area is 118 Å². The Balaban J connectivity index is 2.62. The first-order chi connectivity index (χ1) is 9.43. The molecule has 0 aromatic heterocycles. The third-order valence-electron chi connectivity index (χ3n) is 2.90. The number of hydrogen-bond acceptors (Lipinski definition) is 4. The van der Waals surface area contributed by atoms with Gasteiger partial charge in [-0.1, -0.05) is 12.1 Å². The zero-order valence-corrected chi connectivity index (χ0v) is 11.8. The number of rotatable bonds is 7. The van der Waals surface area contributed by atoms with Crippen molar-refractivity contribution in [3.05, 3.63) is 29.8 Å². The number of carboxylic acid groups (broad SMARTS) is 1. The molecule has 0 radical (unpaired) electrons. The third-order valence-corrected chi connectivity index (χ3v) is 2.90. The minimum atomic E-state index is -1.06. The van der Waals surface area contributed by atoms with E-state index in [1.807, 2.05) is 31.2 Å². The summed E-state index contributed by atoms with van der Waals surface area (Å²) >= 11 is 0. The number of aliphatic carboxylic acids is 1. The Hall–Kier alpha value is -2.08. The number of benzene rings is 1. The number of hydrogen-bond donors (Lipinski definition) is 3. The molecule has 0 aliphatic heterocycles. The summed E-state index contributed by atoms with van der Waals surface area (Å²) in [7, 11) is 1.59. The molecule has 1 unspecified atom stereocenters. The predicted molar refractivity (Wildman–Crippen MR) is 74.7 cm³/mol. The van der Waals surface area contributed by atoms with Crippen LogP contribution in [0, 0.1) is 0 Å². The first-order valence-electron chi connectivity index (χ1n) is 6.31. The van der Waals surface area contributed by atoms with Gasteiger partial charge in [-0.3, -0.25) is 4.79 Å². The summed E-state index contributed by atoms with van der Waals surface area (Å²) < 4.78 is 5.14. The highest BCUT2D eigenvalue weighted by Crippen LogP contribution is 2.18. The molecule has 0 aliphatic rings. The van der Waals surface area contributed by atoms with Crippen molar-refractivity contribution >= 4 is 11.9 Å². The lowest BCUT2D eigenvalue weighted by atomic mass is 10.1. The number of carbonyl (C=O) groups is 2. The molecule has 0 saturated carbocycles. The van der Waals surface area contributed by atoms with Crippen LogP contribution in [0.2, 0.25) is 0 Å². The molecule has 0 aliphatic carbocycles. The maximum atomic E-state index is 11.0. The van der Waals surface area contributed by atoms with Crippen LogP contribution in [0.4, 0.5) is 0 Å². The summed E-state index contributed by atoms with van der Waals surface area (Å²) in [5.74, 6) is -0.688. The second-order valence-electron chi connectivity index (χ2n) is 4.50. The molecule has 0 saturated heterocycles. The Morgan fingerprint density at radius 1 is 1.40 bits per heavy atom. The molecule has 0 bridgehead atoms. The minimum Gasteiger partial charge on any atom is -0.497 e. The van der Waals surface area contributed by atoms with Gasteiger partial charge >= 0.3 is 5.97 Å². The quantitative estimate of drug-likeness (QED) is 0.691. The summed E-state index contributed by atoms with van der Waals surface area (Å²) in [5.41, 5.74) is 0.983. The molecule has 110 valence electrons. The second-order valence-corrected chi connectivity index (χ2v) is 4.50. The first-order valence-corrected chi connectivity index (χ1v) is 6.31. The lowest BCUT2D eigenvalue weighted by molar-refractivity contribution is -0.141. The molecule has 3 N–H and O–H groups in total. The van der Waals surface area contributed by atoms with Crippen LogP contribution in [0.15, 0.2) is 24.3 Å². The van der Waals surface area contributed by atoms with Crippen molar-refractivity contribution in [3.63, 3.8) is 0 Å². The molecule has 0 spiro atoms. The number of amides is 1. The fourth-order valence-electron chi connectivity index (χ4n) is 1.77. The molecule has 6 heteroatoms. The van der Waals surface area contributed by atoms with Crippen molar-refractivity contribution < 1.29 is 19.4 Å². The van der Waals surface area contributed by atoms with Crippen molar-refractivity contribution in [2.75, 3.05) is 13.7 Å². The standard InChI is InChI=1S/C14H20N2O4/c1-9(11-5-4-6-12(7-11)20-3)15-8-13(14(18)19)16-10(2)17/h4-7,9,13,15H,8H2,1-3H3,(H,16,17)(H,18,19)/t9-,13?/m0/s1. The molecule has 1 aromatic rings.